The first-order chi connectivity index (χ1) is 8.06. The predicted octanol–water partition coefficient (Wildman–Crippen LogP) is 3.40. The van der Waals surface area contributed by atoms with Crippen molar-refractivity contribution >= 4 is 28.5 Å². The van der Waals surface area contributed by atoms with Crippen LogP contribution in [0.1, 0.15) is 19.8 Å². The van der Waals surface area contributed by atoms with Gasteiger partial charge in [0, 0.05) is 11.8 Å². The van der Waals surface area contributed by atoms with Crippen LogP contribution in [-0.4, -0.2) is 21.2 Å². The Morgan fingerprint density at radius 2 is 2.06 bits per heavy atom. The molecule has 0 aliphatic carbocycles. The Morgan fingerprint density at radius 3 is 2.53 bits per heavy atom. The number of aromatic amines is 1. The molecule has 0 radical (unpaired) electrons. The van der Waals surface area contributed by atoms with Crippen molar-refractivity contribution in [3.05, 3.63) is 29.4 Å². The summed E-state index contributed by atoms with van der Waals surface area (Å²) >= 11 is 5.65. The maximum atomic E-state index is 9.60. The number of halogens is 1. The molecule has 0 spiro atoms. The fraction of sp³-hybridized carbons (Fsp3) is 0.250. The summed E-state index contributed by atoms with van der Waals surface area (Å²) in [5.41, 5.74) is 0.856. The number of carboxylic acids is 1. The molecule has 0 unspecified atom stereocenters. The van der Waals surface area contributed by atoms with Crippen LogP contribution in [0.4, 0.5) is 0 Å². The molecule has 0 bridgehead atoms. The average Bonchev–Trinajstić information content (AvgIpc) is 2.56. The molecule has 0 saturated heterocycles. The Morgan fingerprint density at radius 1 is 1.41 bits per heavy atom. The summed E-state index contributed by atoms with van der Waals surface area (Å²) in [7, 11) is 0. The van der Waals surface area contributed by atoms with Crippen molar-refractivity contribution in [2.24, 2.45) is 0 Å². The van der Waals surface area contributed by atoms with Gasteiger partial charge in [-0.2, -0.15) is 0 Å². The first kappa shape index (κ1) is 13.4. The number of carbonyl (C=O) groups is 1. The molecule has 2 aromatic rings. The fourth-order valence-electron chi connectivity index (χ4n) is 1.31. The van der Waals surface area contributed by atoms with Crippen LogP contribution in [0.3, 0.4) is 0 Å². The van der Waals surface area contributed by atoms with Gasteiger partial charge < -0.3 is 15.2 Å². The first-order valence-electron chi connectivity index (χ1n) is 5.23. The molecule has 0 atom stereocenters. The molecular formula is C12H14ClNO3. The van der Waals surface area contributed by atoms with Crippen LogP contribution in [0.2, 0.25) is 5.15 Å². The third kappa shape index (κ3) is 3.67. The number of aromatic hydroxyl groups is 1. The van der Waals surface area contributed by atoms with E-state index in [0.717, 1.165) is 17.3 Å². The second kappa shape index (κ2) is 6.15. The molecule has 0 amide bonds. The average molecular weight is 256 g/mol. The summed E-state index contributed by atoms with van der Waals surface area (Å²) in [6, 6.07) is 7.41. The van der Waals surface area contributed by atoms with E-state index < -0.39 is 5.97 Å². The molecule has 0 fully saturated rings. The zero-order chi connectivity index (χ0) is 12.8. The Bertz CT molecular complexity index is 507. The number of carboxylic acid groups (broad SMARTS) is 1. The Kier molecular flexibility index (Phi) is 4.84. The van der Waals surface area contributed by atoms with Gasteiger partial charge in [0.05, 0.1) is 5.52 Å². The van der Waals surface area contributed by atoms with Crippen LogP contribution in [0.15, 0.2) is 24.3 Å². The Hall–Kier alpha value is -1.68. The maximum Gasteiger partial charge on any atom is 0.303 e. The van der Waals surface area contributed by atoms with Crippen molar-refractivity contribution in [2.75, 3.05) is 0 Å². The van der Waals surface area contributed by atoms with Crippen LogP contribution in [0.25, 0.3) is 10.9 Å². The lowest BCUT2D eigenvalue weighted by atomic mass is 10.2. The van der Waals surface area contributed by atoms with Gasteiger partial charge in [-0.3, -0.25) is 4.79 Å². The predicted molar refractivity (Wildman–Crippen MR) is 67.5 cm³/mol. The van der Waals surface area contributed by atoms with E-state index in [1.165, 1.54) is 0 Å². The molecule has 1 aromatic heterocycles. The van der Waals surface area contributed by atoms with Crippen LogP contribution in [0, 0.1) is 0 Å². The molecule has 0 saturated carbocycles. The van der Waals surface area contributed by atoms with Gasteiger partial charge in [-0.05, 0) is 18.6 Å². The highest BCUT2D eigenvalue weighted by atomic mass is 35.5. The number of fused-ring (bicyclic) bond motifs is 1. The van der Waals surface area contributed by atoms with Gasteiger partial charge in [0.15, 0.2) is 5.75 Å². The van der Waals surface area contributed by atoms with E-state index in [9.17, 15) is 9.90 Å². The summed E-state index contributed by atoms with van der Waals surface area (Å²) in [6.07, 6.45) is 1.02. The highest BCUT2D eigenvalue weighted by Gasteiger charge is 2.05. The van der Waals surface area contributed by atoms with Crippen molar-refractivity contribution in [1.82, 2.24) is 4.98 Å². The van der Waals surface area contributed by atoms with E-state index in [-0.39, 0.29) is 5.75 Å². The van der Waals surface area contributed by atoms with Crippen molar-refractivity contribution in [1.29, 1.82) is 0 Å². The molecule has 2 rings (SSSR count). The summed E-state index contributed by atoms with van der Waals surface area (Å²) in [5.74, 6) is -0.584. The molecular weight excluding hydrogens is 242 g/mol. The molecule has 4 nitrogen and oxygen atoms in total. The number of hydrogen-bond donors (Lipinski definition) is 3. The zero-order valence-corrected chi connectivity index (χ0v) is 10.2. The second-order valence-corrected chi connectivity index (χ2v) is 3.85. The summed E-state index contributed by atoms with van der Waals surface area (Å²) in [5, 5.41) is 18.3. The molecule has 3 N–H and O–H groups in total. The van der Waals surface area contributed by atoms with E-state index in [4.69, 9.17) is 16.7 Å². The minimum Gasteiger partial charge on any atom is -0.504 e. The van der Waals surface area contributed by atoms with Crippen LogP contribution in [0.5, 0.6) is 5.75 Å². The van der Waals surface area contributed by atoms with Crippen molar-refractivity contribution < 1.29 is 15.0 Å². The van der Waals surface area contributed by atoms with Gasteiger partial charge in [-0.15, -0.1) is 0 Å². The number of nitrogens with one attached hydrogen (secondary N) is 1. The third-order valence-corrected chi connectivity index (χ3v) is 2.37. The van der Waals surface area contributed by atoms with Gasteiger partial charge >= 0.3 is 5.97 Å². The van der Waals surface area contributed by atoms with Crippen LogP contribution >= 0.6 is 11.6 Å². The van der Waals surface area contributed by atoms with Crippen molar-refractivity contribution in [3.63, 3.8) is 0 Å². The number of rotatable bonds is 2. The van der Waals surface area contributed by atoms with E-state index in [1.807, 2.05) is 31.2 Å². The molecule has 5 heteroatoms. The van der Waals surface area contributed by atoms with Gasteiger partial charge in [-0.25, -0.2) is 0 Å². The van der Waals surface area contributed by atoms with E-state index in [1.54, 1.807) is 0 Å². The minimum absolute atomic E-state index is 0.127. The second-order valence-electron chi connectivity index (χ2n) is 3.48. The third-order valence-electron chi connectivity index (χ3n) is 2.10. The molecule has 0 aliphatic rings. The smallest absolute Gasteiger partial charge is 0.303 e. The lowest BCUT2D eigenvalue weighted by Gasteiger charge is -1.86. The number of hydrogen-bond acceptors (Lipinski definition) is 2. The lowest BCUT2D eigenvalue weighted by Crippen LogP contribution is -1.90. The quantitative estimate of drug-likeness (QED) is 0.770. The molecule has 92 valence electrons. The topological polar surface area (TPSA) is 73.3 Å². The fourth-order valence-corrected chi connectivity index (χ4v) is 1.51. The number of H-pyrrole nitrogens is 1. The summed E-state index contributed by atoms with van der Waals surface area (Å²) in [6.45, 7) is 1.84. The number of benzene rings is 1. The summed E-state index contributed by atoms with van der Waals surface area (Å²) in [4.78, 5) is 12.4. The van der Waals surface area contributed by atoms with Gasteiger partial charge in [-0.1, -0.05) is 30.7 Å². The molecule has 1 aromatic carbocycles. The lowest BCUT2D eigenvalue weighted by molar-refractivity contribution is -0.137. The summed E-state index contributed by atoms with van der Waals surface area (Å²) < 4.78 is 0. The largest absolute Gasteiger partial charge is 0.504 e. The number of aromatic nitrogens is 1. The molecule has 1 heterocycles. The number of para-hydroxylation sites is 1. The van der Waals surface area contributed by atoms with Gasteiger partial charge in [0.25, 0.3) is 0 Å². The molecule has 0 aliphatic heterocycles. The zero-order valence-electron chi connectivity index (χ0n) is 9.40. The van der Waals surface area contributed by atoms with Crippen molar-refractivity contribution in [3.8, 4) is 5.75 Å². The van der Waals surface area contributed by atoms with E-state index >= 15 is 0 Å². The van der Waals surface area contributed by atoms with Crippen LogP contribution < -0.4 is 0 Å². The minimum atomic E-state index is -0.711. The van der Waals surface area contributed by atoms with Gasteiger partial charge in [0.1, 0.15) is 5.15 Å². The SMILES string of the molecule is CCCC(=O)O.Oc1c(Cl)[nH]c2ccccc12. The monoisotopic (exact) mass is 255 g/mol. The Labute approximate surface area is 104 Å². The van der Waals surface area contributed by atoms with Crippen molar-refractivity contribution in [2.45, 2.75) is 19.8 Å². The normalized spacial score (nSPS) is 9.76. The van der Waals surface area contributed by atoms with E-state index in [2.05, 4.69) is 4.98 Å². The Balaban J connectivity index is 0.000000209. The molecule has 17 heavy (non-hydrogen) atoms. The highest BCUT2D eigenvalue weighted by molar-refractivity contribution is 6.32. The van der Waals surface area contributed by atoms with Crippen LogP contribution in [-0.2, 0) is 4.79 Å². The standard InChI is InChI=1S/C8H6ClNO.C4H8O2/c9-8-7(11)5-3-1-2-4-6(5)10-8;1-2-3-4(5)6/h1-4,10-11H;2-3H2,1H3,(H,5,6). The van der Waals surface area contributed by atoms with E-state index in [0.29, 0.717) is 11.6 Å². The van der Waals surface area contributed by atoms with Gasteiger partial charge in [0.2, 0.25) is 0 Å². The number of aliphatic carboxylic acids is 1. The maximum absolute atomic E-state index is 9.60. The first-order valence-corrected chi connectivity index (χ1v) is 5.61. The highest BCUT2D eigenvalue weighted by Crippen LogP contribution is 2.31.